The van der Waals surface area contributed by atoms with Crippen LogP contribution in [0.3, 0.4) is 0 Å². The molecule has 0 aromatic rings. The van der Waals surface area contributed by atoms with Gasteiger partial charge < -0.3 is 5.11 Å². The molecule has 0 aromatic heterocycles. The van der Waals surface area contributed by atoms with E-state index in [0.29, 0.717) is 16.0 Å². The van der Waals surface area contributed by atoms with Crippen LogP contribution in [0.4, 0.5) is 13.2 Å². The number of alkyl halides is 3. The second-order valence-electron chi connectivity index (χ2n) is 2.55. The number of aliphatic hydroxyl groups is 1. The quantitative estimate of drug-likeness (QED) is 0.763. The van der Waals surface area contributed by atoms with Gasteiger partial charge in [-0.25, -0.2) is 0 Å². The van der Waals surface area contributed by atoms with Crippen molar-refractivity contribution in [3.05, 3.63) is 9.33 Å². The largest absolute Gasteiger partial charge is 0.501 e. The summed E-state index contributed by atoms with van der Waals surface area (Å²) in [5.74, 6) is 0.724. The molecule has 0 aromatic carbocycles. The van der Waals surface area contributed by atoms with Crippen molar-refractivity contribution < 1.29 is 18.3 Å². The van der Waals surface area contributed by atoms with Crippen LogP contribution in [-0.4, -0.2) is 28.5 Å². The van der Waals surface area contributed by atoms with Crippen LogP contribution in [0.5, 0.6) is 0 Å². The molecule has 1 rings (SSSR count). The zero-order valence-corrected chi connectivity index (χ0v) is 9.58. The molecule has 0 radical (unpaired) electrons. The molecule has 1 aliphatic rings. The van der Waals surface area contributed by atoms with E-state index in [1.807, 2.05) is 0 Å². The van der Waals surface area contributed by atoms with Crippen LogP contribution in [0, 0.1) is 0 Å². The Labute approximate surface area is 92.9 Å². The molecule has 1 saturated heterocycles. The molecule has 1 fully saturated rings. The van der Waals surface area contributed by atoms with Crippen molar-refractivity contribution in [1.82, 2.24) is 0 Å². The van der Waals surface area contributed by atoms with E-state index in [0.717, 1.165) is 17.9 Å². The van der Waals surface area contributed by atoms with Gasteiger partial charge in [0.15, 0.2) is 5.09 Å². The van der Waals surface area contributed by atoms with Crippen molar-refractivity contribution in [2.75, 3.05) is 17.3 Å². The third-order valence-corrected chi connectivity index (χ3v) is 5.11. The molecule has 82 valence electrons. The van der Waals surface area contributed by atoms with Crippen molar-refractivity contribution in [1.29, 1.82) is 0 Å². The number of rotatable bonds is 2. The van der Waals surface area contributed by atoms with Crippen molar-refractivity contribution in [2.24, 2.45) is 0 Å². The van der Waals surface area contributed by atoms with E-state index in [9.17, 15) is 18.3 Å². The van der Waals surface area contributed by atoms with E-state index in [-0.39, 0.29) is 5.09 Å². The molecule has 7 heteroatoms. The highest BCUT2D eigenvalue weighted by Crippen LogP contribution is 2.40. The minimum atomic E-state index is -4.22. The third kappa shape index (κ3) is 4.75. The predicted octanol–water partition coefficient (Wildman–Crippen LogP) is 3.84. The minimum absolute atomic E-state index is 0.183. The number of hydrogen-bond donors (Lipinski definition) is 1. The first-order valence-corrected chi connectivity index (χ1v) is 6.83. The van der Waals surface area contributed by atoms with E-state index in [1.54, 1.807) is 0 Å². The Morgan fingerprint density at radius 3 is 2.43 bits per heavy atom. The van der Waals surface area contributed by atoms with Crippen molar-refractivity contribution in [3.63, 3.8) is 0 Å². The lowest BCUT2D eigenvalue weighted by Crippen LogP contribution is -2.11. The van der Waals surface area contributed by atoms with Gasteiger partial charge in [-0.2, -0.15) is 13.2 Å². The molecular formula is C7H9F3OS3. The number of aliphatic hydroxyl groups excluding tert-OH is 1. The molecule has 0 spiro atoms. The second-order valence-corrected chi connectivity index (χ2v) is 5.98. The molecule has 0 atom stereocenters. The number of halogens is 3. The monoisotopic (exact) mass is 262 g/mol. The molecular weight excluding hydrogens is 253 g/mol. The van der Waals surface area contributed by atoms with E-state index in [2.05, 4.69) is 0 Å². The lowest BCUT2D eigenvalue weighted by Gasteiger charge is -2.14. The van der Waals surface area contributed by atoms with Gasteiger partial charge in [0.25, 0.3) is 0 Å². The van der Waals surface area contributed by atoms with Crippen molar-refractivity contribution >= 4 is 35.3 Å². The van der Waals surface area contributed by atoms with E-state index < -0.39 is 11.9 Å². The number of thioether (sulfide) groups is 3. The summed E-state index contributed by atoms with van der Waals surface area (Å²) < 4.78 is 36.1. The summed E-state index contributed by atoms with van der Waals surface area (Å²) in [6.07, 6.45) is -3.18. The Morgan fingerprint density at radius 2 is 1.93 bits per heavy atom. The summed E-state index contributed by atoms with van der Waals surface area (Å²) in [7, 11) is 0. The first-order valence-electron chi connectivity index (χ1n) is 3.87. The smallest absolute Gasteiger partial charge is 0.398 e. The van der Waals surface area contributed by atoms with Crippen LogP contribution in [0.2, 0.25) is 0 Å². The Kier molecular flexibility index (Phi) is 4.86. The minimum Gasteiger partial charge on any atom is -0.501 e. The summed E-state index contributed by atoms with van der Waals surface area (Å²) in [6.45, 7) is 0. The zero-order valence-electron chi connectivity index (χ0n) is 7.13. The summed E-state index contributed by atoms with van der Waals surface area (Å²) >= 11 is 3.31. The molecule has 0 amide bonds. The van der Waals surface area contributed by atoms with E-state index >= 15 is 0 Å². The lowest BCUT2D eigenvalue weighted by molar-refractivity contribution is -0.105. The van der Waals surface area contributed by atoms with Gasteiger partial charge in [0.1, 0.15) is 0 Å². The maximum Gasteiger partial charge on any atom is 0.398 e. The maximum absolute atomic E-state index is 11.8. The summed E-state index contributed by atoms with van der Waals surface area (Å²) in [5, 5.41) is 9.15. The predicted molar refractivity (Wildman–Crippen MR) is 57.7 cm³/mol. The first-order chi connectivity index (χ1) is 6.49. The second kappa shape index (κ2) is 5.46. The standard InChI is InChI=1S/C7H9F3OS3/c8-7(9,10)4-14-5(11)6-12-2-1-3-13-6/h11H,1-4H2. The van der Waals surface area contributed by atoms with E-state index in [1.165, 1.54) is 23.5 Å². The van der Waals surface area contributed by atoms with Gasteiger partial charge in [-0.05, 0) is 17.9 Å². The summed E-state index contributed by atoms with van der Waals surface area (Å²) in [4.78, 5) is 0. The van der Waals surface area contributed by atoms with E-state index in [4.69, 9.17) is 0 Å². The molecule has 0 aliphatic carbocycles. The Hall–Kier alpha value is 0.380. The fourth-order valence-electron chi connectivity index (χ4n) is 0.763. The zero-order chi connectivity index (χ0) is 10.6. The average Bonchev–Trinajstić information content (AvgIpc) is 2.14. The fraction of sp³-hybridized carbons (Fsp3) is 0.714. The number of hydrogen-bond acceptors (Lipinski definition) is 4. The molecule has 0 saturated carbocycles. The molecule has 1 aliphatic heterocycles. The Morgan fingerprint density at radius 1 is 1.36 bits per heavy atom. The van der Waals surface area contributed by atoms with Crippen molar-refractivity contribution in [2.45, 2.75) is 12.6 Å². The van der Waals surface area contributed by atoms with Crippen LogP contribution in [0.15, 0.2) is 9.33 Å². The summed E-state index contributed by atoms with van der Waals surface area (Å²) in [5.41, 5.74) is 0. The average molecular weight is 262 g/mol. The van der Waals surface area contributed by atoms with Gasteiger partial charge in [0.05, 0.1) is 9.99 Å². The molecule has 0 unspecified atom stereocenters. The van der Waals surface area contributed by atoms with Crippen molar-refractivity contribution in [3.8, 4) is 0 Å². The highest BCUT2D eigenvalue weighted by Gasteiger charge is 2.28. The van der Waals surface area contributed by atoms with Gasteiger partial charge >= 0.3 is 6.18 Å². The van der Waals surface area contributed by atoms with Crippen LogP contribution >= 0.6 is 35.3 Å². The van der Waals surface area contributed by atoms with Crippen LogP contribution in [0.1, 0.15) is 6.42 Å². The normalized spacial score (nSPS) is 18.4. The topological polar surface area (TPSA) is 20.2 Å². The first kappa shape index (κ1) is 12.4. The van der Waals surface area contributed by atoms with Crippen LogP contribution in [0.25, 0.3) is 0 Å². The molecule has 1 N–H and O–H groups in total. The van der Waals surface area contributed by atoms with Gasteiger partial charge in [-0.1, -0.05) is 11.8 Å². The summed E-state index contributed by atoms with van der Waals surface area (Å²) in [6, 6.07) is 0. The van der Waals surface area contributed by atoms with Gasteiger partial charge in [-0.15, -0.1) is 23.5 Å². The van der Waals surface area contributed by atoms with Gasteiger partial charge in [0, 0.05) is 0 Å². The highest BCUT2D eigenvalue weighted by molar-refractivity contribution is 8.23. The molecule has 0 bridgehead atoms. The lowest BCUT2D eigenvalue weighted by atomic mass is 10.6. The highest BCUT2D eigenvalue weighted by atomic mass is 32.2. The maximum atomic E-state index is 11.8. The molecule has 1 nitrogen and oxygen atoms in total. The van der Waals surface area contributed by atoms with Gasteiger partial charge in [-0.3, -0.25) is 0 Å². The SMILES string of the molecule is OC(SCC(F)(F)F)=C1SCCCS1. The Bertz CT molecular complexity index is 219. The molecule has 1 heterocycles. The fourth-order valence-corrected chi connectivity index (χ4v) is 4.10. The Balaban J connectivity index is 2.42. The van der Waals surface area contributed by atoms with Crippen LogP contribution in [-0.2, 0) is 0 Å². The van der Waals surface area contributed by atoms with Gasteiger partial charge in [0.2, 0.25) is 0 Å². The third-order valence-electron chi connectivity index (χ3n) is 1.30. The molecule has 14 heavy (non-hydrogen) atoms. The van der Waals surface area contributed by atoms with Crippen LogP contribution < -0.4 is 0 Å².